The minimum atomic E-state index is -0.359. The molecule has 0 spiro atoms. The van der Waals surface area contributed by atoms with E-state index in [0.29, 0.717) is 9.61 Å². The summed E-state index contributed by atoms with van der Waals surface area (Å²) < 4.78 is 0.660. The van der Waals surface area contributed by atoms with Crippen molar-refractivity contribution < 1.29 is 4.92 Å². The molecule has 1 unspecified atom stereocenters. The number of nitrogens with zero attached hydrogens (tertiary/aromatic N) is 1. The number of nitro benzene ring substituents is 1. The molecule has 1 rings (SSSR count). The number of nitro groups is 1. The molecule has 1 N–H and O–H groups in total. The van der Waals surface area contributed by atoms with Gasteiger partial charge in [-0.05, 0) is 47.4 Å². The van der Waals surface area contributed by atoms with E-state index in [1.807, 2.05) is 40.4 Å². The third-order valence-corrected chi connectivity index (χ3v) is 4.14. The Morgan fingerprint density at radius 2 is 2.29 bits per heavy atom. The van der Waals surface area contributed by atoms with Crippen molar-refractivity contribution in [1.29, 1.82) is 0 Å². The highest BCUT2D eigenvalue weighted by molar-refractivity contribution is 14.1. The fourth-order valence-electron chi connectivity index (χ4n) is 1.37. The standard InChI is InChI=1S/C11H15IN2O2S/c1-3-17-7-8(2)13-9-4-5-11(14(15)16)10(12)6-9/h4-6,8,13H,3,7H2,1-2H3. The largest absolute Gasteiger partial charge is 0.382 e. The van der Waals surface area contributed by atoms with Gasteiger partial charge in [-0.3, -0.25) is 10.1 Å². The predicted molar refractivity (Wildman–Crippen MR) is 81.9 cm³/mol. The van der Waals surface area contributed by atoms with Crippen molar-refractivity contribution in [2.45, 2.75) is 19.9 Å². The first kappa shape index (κ1) is 14.6. The average molecular weight is 366 g/mol. The second-order valence-corrected chi connectivity index (χ2v) is 6.11. The Balaban J connectivity index is 2.67. The van der Waals surface area contributed by atoms with Gasteiger partial charge < -0.3 is 5.32 Å². The van der Waals surface area contributed by atoms with Crippen molar-refractivity contribution in [3.8, 4) is 0 Å². The van der Waals surface area contributed by atoms with E-state index < -0.39 is 0 Å². The summed E-state index contributed by atoms with van der Waals surface area (Å²) >= 11 is 3.86. The first-order valence-corrected chi connectivity index (χ1v) is 7.56. The monoisotopic (exact) mass is 366 g/mol. The second kappa shape index (κ2) is 7.05. The van der Waals surface area contributed by atoms with Crippen LogP contribution in [-0.4, -0.2) is 22.5 Å². The van der Waals surface area contributed by atoms with Crippen molar-refractivity contribution in [3.63, 3.8) is 0 Å². The van der Waals surface area contributed by atoms with Gasteiger partial charge in [-0.1, -0.05) is 6.92 Å². The molecule has 0 aromatic heterocycles. The van der Waals surface area contributed by atoms with Crippen LogP contribution in [0, 0.1) is 13.7 Å². The maximum Gasteiger partial charge on any atom is 0.282 e. The van der Waals surface area contributed by atoms with Crippen LogP contribution in [0.25, 0.3) is 0 Å². The summed E-state index contributed by atoms with van der Waals surface area (Å²) in [4.78, 5) is 10.3. The van der Waals surface area contributed by atoms with Crippen molar-refractivity contribution in [2.75, 3.05) is 16.8 Å². The summed E-state index contributed by atoms with van der Waals surface area (Å²) in [5.41, 5.74) is 1.09. The summed E-state index contributed by atoms with van der Waals surface area (Å²) in [6.45, 7) is 4.24. The summed E-state index contributed by atoms with van der Waals surface area (Å²) in [5.74, 6) is 2.13. The molecule has 6 heteroatoms. The van der Waals surface area contributed by atoms with Gasteiger partial charge in [0.2, 0.25) is 0 Å². The lowest BCUT2D eigenvalue weighted by Gasteiger charge is -2.14. The summed E-state index contributed by atoms with van der Waals surface area (Å²) in [5, 5.41) is 14.0. The van der Waals surface area contributed by atoms with Gasteiger partial charge in [0.25, 0.3) is 5.69 Å². The maximum absolute atomic E-state index is 10.7. The smallest absolute Gasteiger partial charge is 0.282 e. The van der Waals surface area contributed by atoms with E-state index in [1.54, 1.807) is 12.1 Å². The molecule has 0 fully saturated rings. The number of thioether (sulfide) groups is 1. The Hall–Kier alpha value is -0.500. The number of nitrogens with one attached hydrogen (secondary N) is 1. The van der Waals surface area contributed by atoms with Crippen LogP contribution in [0.4, 0.5) is 11.4 Å². The van der Waals surface area contributed by atoms with Crippen LogP contribution in [0.15, 0.2) is 18.2 Å². The van der Waals surface area contributed by atoms with Gasteiger partial charge in [0.15, 0.2) is 0 Å². The molecular formula is C11H15IN2O2S. The van der Waals surface area contributed by atoms with Crippen LogP contribution in [0.5, 0.6) is 0 Å². The molecular weight excluding hydrogens is 351 g/mol. The molecule has 1 aromatic rings. The van der Waals surface area contributed by atoms with Gasteiger partial charge in [-0.2, -0.15) is 11.8 Å². The van der Waals surface area contributed by atoms with Crippen molar-refractivity contribution >= 4 is 45.7 Å². The number of hydrogen-bond donors (Lipinski definition) is 1. The molecule has 0 amide bonds. The Bertz CT molecular complexity index is 401. The Morgan fingerprint density at radius 3 is 2.82 bits per heavy atom. The van der Waals surface area contributed by atoms with Gasteiger partial charge in [-0.15, -0.1) is 0 Å². The quantitative estimate of drug-likeness (QED) is 0.473. The van der Waals surface area contributed by atoms with Crippen molar-refractivity contribution in [2.24, 2.45) is 0 Å². The molecule has 4 nitrogen and oxygen atoms in total. The molecule has 17 heavy (non-hydrogen) atoms. The van der Waals surface area contributed by atoms with Crippen molar-refractivity contribution in [1.82, 2.24) is 0 Å². The number of hydrogen-bond acceptors (Lipinski definition) is 4. The van der Waals surface area contributed by atoms with E-state index in [2.05, 4.69) is 19.2 Å². The van der Waals surface area contributed by atoms with Gasteiger partial charge in [0.05, 0.1) is 8.49 Å². The number of halogens is 1. The molecule has 0 saturated heterocycles. The highest BCUT2D eigenvalue weighted by Crippen LogP contribution is 2.24. The Morgan fingerprint density at radius 1 is 1.59 bits per heavy atom. The number of rotatable bonds is 6. The van der Waals surface area contributed by atoms with E-state index in [4.69, 9.17) is 0 Å². The highest BCUT2D eigenvalue weighted by Gasteiger charge is 2.12. The van der Waals surface area contributed by atoms with E-state index in [0.717, 1.165) is 17.2 Å². The normalized spacial score (nSPS) is 12.2. The van der Waals surface area contributed by atoms with E-state index in [1.165, 1.54) is 0 Å². The lowest BCUT2D eigenvalue weighted by molar-refractivity contribution is -0.385. The van der Waals surface area contributed by atoms with E-state index in [-0.39, 0.29) is 10.6 Å². The predicted octanol–water partition coefficient (Wildman–Crippen LogP) is 3.75. The number of benzene rings is 1. The number of anilines is 1. The van der Waals surface area contributed by atoms with Crippen LogP contribution in [0.1, 0.15) is 13.8 Å². The molecule has 0 radical (unpaired) electrons. The molecule has 0 aliphatic rings. The van der Waals surface area contributed by atoms with Gasteiger partial charge >= 0.3 is 0 Å². The molecule has 0 saturated carbocycles. The van der Waals surface area contributed by atoms with Crippen LogP contribution in [0.3, 0.4) is 0 Å². The third kappa shape index (κ3) is 4.71. The molecule has 0 aliphatic heterocycles. The molecule has 0 bridgehead atoms. The van der Waals surface area contributed by atoms with Gasteiger partial charge in [-0.25, -0.2) is 0 Å². The zero-order chi connectivity index (χ0) is 12.8. The van der Waals surface area contributed by atoms with Crippen LogP contribution < -0.4 is 5.32 Å². The summed E-state index contributed by atoms with van der Waals surface area (Å²) in [7, 11) is 0. The van der Waals surface area contributed by atoms with Gasteiger partial charge in [0.1, 0.15) is 0 Å². The average Bonchev–Trinajstić information content (AvgIpc) is 2.26. The summed E-state index contributed by atoms with van der Waals surface area (Å²) in [6.07, 6.45) is 0. The SMILES string of the molecule is CCSCC(C)Nc1ccc([N+](=O)[O-])c(I)c1. The van der Waals surface area contributed by atoms with Crippen LogP contribution >= 0.6 is 34.4 Å². The minimum Gasteiger partial charge on any atom is -0.382 e. The molecule has 1 atom stereocenters. The van der Waals surface area contributed by atoms with E-state index >= 15 is 0 Å². The molecule has 1 aromatic carbocycles. The molecule has 94 valence electrons. The first-order chi connectivity index (χ1) is 8.04. The topological polar surface area (TPSA) is 55.2 Å². The fraction of sp³-hybridized carbons (Fsp3) is 0.455. The van der Waals surface area contributed by atoms with Crippen LogP contribution in [0.2, 0.25) is 0 Å². The third-order valence-electron chi connectivity index (χ3n) is 2.13. The Labute approximate surface area is 119 Å². The lowest BCUT2D eigenvalue weighted by atomic mass is 10.2. The molecule has 0 aliphatic carbocycles. The zero-order valence-electron chi connectivity index (χ0n) is 9.77. The first-order valence-electron chi connectivity index (χ1n) is 5.32. The second-order valence-electron chi connectivity index (χ2n) is 3.63. The zero-order valence-corrected chi connectivity index (χ0v) is 12.7. The lowest BCUT2D eigenvalue weighted by Crippen LogP contribution is -2.18. The maximum atomic E-state index is 10.7. The Kier molecular flexibility index (Phi) is 6.04. The summed E-state index contributed by atoms with van der Waals surface area (Å²) in [6, 6.07) is 5.47. The van der Waals surface area contributed by atoms with E-state index in [9.17, 15) is 10.1 Å². The molecule has 0 heterocycles. The highest BCUT2D eigenvalue weighted by atomic mass is 127. The van der Waals surface area contributed by atoms with Crippen LogP contribution in [-0.2, 0) is 0 Å². The fourth-order valence-corrected chi connectivity index (χ4v) is 2.75. The minimum absolute atomic E-state index is 0.159. The van der Waals surface area contributed by atoms with Crippen molar-refractivity contribution in [3.05, 3.63) is 31.9 Å². The van der Waals surface area contributed by atoms with Gasteiger partial charge in [0, 0.05) is 23.5 Å².